The van der Waals surface area contributed by atoms with Gasteiger partial charge in [0.1, 0.15) is 13.5 Å². The quantitative estimate of drug-likeness (QED) is 0.590. The lowest BCUT2D eigenvalue weighted by Gasteiger charge is -2.05. The van der Waals surface area contributed by atoms with Gasteiger partial charge in [-0.25, -0.2) is 0 Å². The predicted octanol–water partition coefficient (Wildman–Crippen LogP) is 0.679. The lowest BCUT2D eigenvalue weighted by atomic mass is 10.2. The van der Waals surface area contributed by atoms with Gasteiger partial charge in [-0.3, -0.25) is 0 Å². The van der Waals surface area contributed by atoms with E-state index in [1.807, 2.05) is 0 Å². The fraction of sp³-hybridized carbons (Fsp3) is 0.571. The maximum absolute atomic E-state index is 8.52. The SMILES string of the molecule is [2H]c1nnc2n1C(CC#N)CC2. The van der Waals surface area contributed by atoms with Crippen molar-refractivity contribution in [2.75, 3.05) is 0 Å². The third kappa shape index (κ3) is 0.891. The van der Waals surface area contributed by atoms with Gasteiger partial charge in [0.25, 0.3) is 0 Å². The van der Waals surface area contributed by atoms with E-state index in [1.54, 1.807) is 4.57 Å². The molecule has 0 spiro atoms. The summed E-state index contributed by atoms with van der Waals surface area (Å²) < 4.78 is 9.17. The highest BCUT2D eigenvalue weighted by atomic mass is 15.3. The van der Waals surface area contributed by atoms with Crippen molar-refractivity contribution in [3.05, 3.63) is 12.1 Å². The minimum absolute atomic E-state index is 0.132. The molecule has 1 aromatic rings. The molecule has 0 aromatic carbocycles. The second kappa shape index (κ2) is 2.35. The van der Waals surface area contributed by atoms with Crippen molar-refractivity contribution in [2.45, 2.75) is 25.3 Å². The number of rotatable bonds is 1. The Bertz CT molecular complexity index is 338. The molecule has 0 saturated carbocycles. The van der Waals surface area contributed by atoms with Gasteiger partial charge < -0.3 is 4.57 Å². The van der Waals surface area contributed by atoms with Crippen LogP contribution in [0.15, 0.2) is 6.30 Å². The Morgan fingerprint density at radius 2 is 2.91 bits per heavy atom. The second-order valence-electron chi connectivity index (χ2n) is 2.64. The smallest absolute Gasteiger partial charge is 0.133 e. The van der Waals surface area contributed by atoms with Crippen LogP contribution in [0.5, 0.6) is 0 Å². The van der Waals surface area contributed by atoms with E-state index in [4.69, 9.17) is 6.63 Å². The summed E-state index contributed by atoms with van der Waals surface area (Å²) in [5.41, 5.74) is 0. The Kier molecular flexibility index (Phi) is 1.13. The molecule has 2 heterocycles. The van der Waals surface area contributed by atoms with Gasteiger partial charge in [-0.15, -0.1) is 10.2 Å². The Morgan fingerprint density at radius 3 is 3.73 bits per heavy atom. The lowest BCUT2D eigenvalue weighted by molar-refractivity contribution is 0.537. The molecule has 1 unspecified atom stereocenters. The van der Waals surface area contributed by atoms with Gasteiger partial charge in [0, 0.05) is 12.5 Å². The van der Waals surface area contributed by atoms with Crippen LogP contribution >= 0.6 is 0 Å². The highest BCUT2D eigenvalue weighted by Crippen LogP contribution is 2.25. The van der Waals surface area contributed by atoms with Gasteiger partial charge in [-0.1, -0.05) is 0 Å². The highest BCUT2D eigenvalue weighted by Gasteiger charge is 2.22. The third-order valence-corrected chi connectivity index (χ3v) is 1.99. The van der Waals surface area contributed by atoms with Gasteiger partial charge in [0.15, 0.2) is 0 Å². The first kappa shape index (κ1) is 5.30. The zero-order valence-electron chi connectivity index (χ0n) is 6.99. The van der Waals surface area contributed by atoms with E-state index >= 15 is 0 Å². The number of nitrogens with zero attached hydrogens (tertiary/aromatic N) is 4. The summed E-state index contributed by atoms with van der Waals surface area (Å²) in [5.74, 6) is 0.847. The van der Waals surface area contributed by atoms with Crippen LogP contribution in [-0.2, 0) is 6.42 Å². The number of aryl methyl sites for hydroxylation is 1. The van der Waals surface area contributed by atoms with Crippen LogP contribution in [0.1, 0.15) is 26.1 Å². The molecule has 2 rings (SSSR count). The van der Waals surface area contributed by atoms with E-state index in [2.05, 4.69) is 16.3 Å². The van der Waals surface area contributed by atoms with Crippen molar-refractivity contribution < 1.29 is 1.37 Å². The van der Waals surface area contributed by atoms with Crippen LogP contribution in [0.3, 0.4) is 0 Å². The Labute approximate surface area is 65.9 Å². The number of aromatic nitrogens is 3. The van der Waals surface area contributed by atoms with Crippen LogP contribution in [0, 0.1) is 11.3 Å². The van der Waals surface area contributed by atoms with Crippen molar-refractivity contribution in [3.63, 3.8) is 0 Å². The molecule has 0 bridgehead atoms. The van der Waals surface area contributed by atoms with Crippen LogP contribution in [0.2, 0.25) is 0 Å². The van der Waals surface area contributed by atoms with Crippen molar-refractivity contribution in [3.8, 4) is 6.07 Å². The number of hydrogen-bond acceptors (Lipinski definition) is 3. The molecule has 0 saturated heterocycles. The summed E-state index contributed by atoms with van der Waals surface area (Å²) in [6.45, 7) is 0. The molecule has 1 atom stereocenters. The van der Waals surface area contributed by atoms with Crippen LogP contribution < -0.4 is 0 Å². The standard InChI is InChI=1S/C7H8N4/c8-4-3-6-1-2-7-10-9-5-11(6)7/h5-6H,1-3H2/i5D. The largest absolute Gasteiger partial charge is 0.313 e. The zero-order valence-corrected chi connectivity index (χ0v) is 5.99. The first-order valence-electron chi connectivity index (χ1n) is 4.10. The minimum atomic E-state index is 0.132. The summed E-state index contributed by atoms with van der Waals surface area (Å²) in [5, 5.41) is 16.0. The molecule has 4 nitrogen and oxygen atoms in total. The molecule has 0 N–H and O–H groups in total. The van der Waals surface area contributed by atoms with Crippen LogP contribution in [0.4, 0.5) is 0 Å². The van der Waals surface area contributed by atoms with Crippen molar-refractivity contribution in [1.82, 2.24) is 14.8 Å². The van der Waals surface area contributed by atoms with E-state index in [-0.39, 0.29) is 12.3 Å². The molecule has 1 aliphatic rings. The fourth-order valence-electron chi connectivity index (χ4n) is 1.42. The molecule has 11 heavy (non-hydrogen) atoms. The maximum atomic E-state index is 8.52. The summed E-state index contributed by atoms with van der Waals surface area (Å²) in [7, 11) is 0. The fourth-order valence-corrected chi connectivity index (χ4v) is 1.42. The molecule has 0 aliphatic carbocycles. The second-order valence-corrected chi connectivity index (χ2v) is 2.64. The van der Waals surface area contributed by atoms with Gasteiger partial charge in [0.05, 0.1) is 12.5 Å². The first-order chi connectivity index (χ1) is 5.83. The summed E-state index contributed by atoms with van der Waals surface area (Å²) >= 11 is 0. The Morgan fingerprint density at radius 1 is 2.00 bits per heavy atom. The van der Waals surface area contributed by atoms with E-state index in [9.17, 15) is 0 Å². The van der Waals surface area contributed by atoms with Gasteiger partial charge in [0.2, 0.25) is 0 Å². The molecule has 1 aromatic heterocycles. The number of fused-ring (bicyclic) bond motifs is 1. The van der Waals surface area contributed by atoms with Crippen LogP contribution in [-0.4, -0.2) is 14.8 Å². The van der Waals surface area contributed by atoms with Crippen molar-refractivity contribution in [1.29, 1.82) is 5.26 Å². The molecule has 56 valence electrons. The normalized spacial score (nSPS) is 22.5. The van der Waals surface area contributed by atoms with Crippen molar-refractivity contribution >= 4 is 0 Å². The minimum Gasteiger partial charge on any atom is -0.313 e. The van der Waals surface area contributed by atoms with E-state index in [0.717, 1.165) is 18.7 Å². The summed E-state index contributed by atoms with van der Waals surface area (Å²) in [4.78, 5) is 0. The lowest BCUT2D eigenvalue weighted by Crippen LogP contribution is -2.00. The predicted molar refractivity (Wildman–Crippen MR) is 37.6 cm³/mol. The average molecular weight is 149 g/mol. The van der Waals surface area contributed by atoms with E-state index in [1.165, 1.54) is 0 Å². The molecular formula is C7H8N4. The Balaban J connectivity index is 2.34. The van der Waals surface area contributed by atoms with E-state index in [0.29, 0.717) is 6.42 Å². The zero-order chi connectivity index (χ0) is 8.55. The number of nitriles is 1. The average Bonchev–Trinajstić information content (AvgIpc) is 2.58. The van der Waals surface area contributed by atoms with Gasteiger partial charge in [-0.05, 0) is 6.42 Å². The van der Waals surface area contributed by atoms with Crippen LogP contribution in [0.25, 0.3) is 0 Å². The maximum Gasteiger partial charge on any atom is 0.133 e. The first-order valence-corrected chi connectivity index (χ1v) is 3.60. The molecular weight excluding hydrogens is 140 g/mol. The van der Waals surface area contributed by atoms with Gasteiger partial charge >= 0.3 is 0 Å². The molecule has 0 amide bonds. The summed E-state index contributed by atoms with van der Waals surface area (Å²) in [6.07, 6.45) is 2.40. The molecule has 4 heteroatoms. The van der Waals surface area contributed by atoms with E-state index < -0.39 is 0 Å². The summed E-state index contributed by atoms with van der Waals surface area (Å²) in [6, 6.07) is 2.24. The van der Waals surface area contributed by atoms with Crippen molar-refractivity contribution in [2.24, 2.45) is 0 Å². The monoisotopic (exact) mass is 149 g/mol. The Hall–Kier alpha value is -1.37. The molecule has 1 aliphatic heterocycles. The number of hydrogen-bond donors (Lipinski definition) is 0. The van der Waals surface area contributed by atoms with Gasteiger partial charge in [-0.2, -0.15) is 5.26 Å². The molecule has 0 fully saturated rings. The third-order valence-electron chi connectivity index (χ3n) is 1.99. The topological polar surface area (TPSA) is 54.5 Å². The highest BCUT2D eigenvalue weighted by molar-refractivity contribution is 4.99. The molecule has 0 radical (unpaired) electrons.